The van der Waals surface area contributed by atoms with Crippen LogP contribution in [0.5, 0.6) is 0 Å². The van der Waals surface area contributed by atoms with Gasteiger partial charge in [-0.15, -0.1) is 0 Å². The summed E-state index contributed by atoms with van der Waals surface area (Å²) < 4.78 is 10.2. The summed E-state index contributed by atoms with van der Waals surface area (Å²) in [4.78, 5) is 34.7. The van der Waals surface area contributed by atoms with Crippen molar-refractivity contribution in [1.82, 2.24) is 10.6 Å². The van der Waals surface area contributed by atoms with E-state index in [1.165, 1.54) is 18.2 Å². The maximum Gasteiger partial charge on any atom is 0.407 e. The van der Waals surface area contributed by atoms with Crippen molar-refractivity contribution in [2.24, 2.45) is 0 Å². The predicted octanol–water partition coefficient (Wildman–Crippen LogP) is 2.91. The highest BCUT2D eigenvalue weighted by Gasteiger charge is 2.28. The van der Waals surface area contributed by atoms with Gasteiger partial charge in [0.05, 0.1) is 6.54 Å². The number of fused-ring (bicyclic) bond motifs is 3. The fourth-order valence-electron chi connectivity index (χ4n) is 3.82. The number of rotatable bonds is 11. The molecule has 0 fully saturated rings. The van der Waals surface area contributed by atoms with E-state index >= 15 is 0 Å². The van der Waals surface area contributed by atoms with Gasteiger partial charge in [0.1, 0.15) is 6.61 Å². The van der Waals surface area contributed by atoms with Gasteiger partial charge in [-0.05, 0) is 35.1 Å². The van der Waals surface area contributed by atoms with Crippen LogP contribution in [0.2, 0.25) is 0 Å². The van der Waals surface area contributed by atoms with E-state index in [0.717, 1.165) is 11.1 Å². The molecule has 2 aromatic carbocycles. The first-order chi connectivity index (χ1) is 15.5. The van der Waals surface area contributed by atoms with Crippen molar-refractivity contribution in [3.05, 3.63) is 59.7 Å². The molecule has 8 heteroatoms. The molecule has 3 rings (SSSR count). The first-order valence-electron chi connectivity index (χ1n) is 10.6. The van der Waals surface area contributed by atoms with Gasteiger partial charge in [-0.3, -0.25) is 4.79 Å². The highest BCUT2D eigenvalue weighted by molar-refractivity contribution is 5.79. The van der Waals surface area contributed by atoms with E-state index < -0.39 is 18.2 Å². The lowest BCUT2D eigenvalue weighted by Crippen LogP contribution is -2.37. The van der Waals surface area contributed by atoms with Crippen LogP contribution >= 0.6 is 0 Å². The third kappa shape index (κ3) is 5.85. The van der Waals surface area contributed by atoms with E-state index in [4.69, 9.17) is 14.6 Å². The van der Waals surface area contributed by atoms with Gasteiger partial charge in [0.2, 0.25) is 5.91 Å². The molecule has 0 aromatic heterocycles. The number of ether oxygens (including phenoxy) is 2. The van der Waals surface area contributed by atoms with Gasteiger partial charge in [-0.25, -0.2) is 9.59 Å². The number of nitrogens with one attached hydrogen (secondary N) is 2. The molecule has 1 unspecified atom stereocenters. The Labute approximate surface area is 186 Å². The molecule has 1 atom stereocenters. The van der Waals surface area contributed by atoms with E-state index in [2.05, 4.69) is 34.9 Å². The number of methoxy groups -OCH3 is 1. The molecule has 0 spiro atoms. The molecule has 0 saturated heterocycles. The second kappa shape index (κ2) is 11.3. The normalized spacial score (nSPS) is 13.0. The quantitative estimate of drug-likeness (QED) is 0.463. The fraction of sp³-hybridized carbons (Fsp3) is 0.375. The number of benzene rings is 2. The summed E-state index contributed by atoms with van der Waals surface area (Å²) in [5.74, 6) is -1.37. The van der Waals surface area contributed by atoms with E-state index in [9.17, 15) is 14.4 Å². The van der Waals surface area contributed by atoms with Crippen LogP contribution in [0, 0.1) is 0 Å². The lowest BCUT2D eigenvalue weighted by Gasteiger charge is -2.14. The zero-order chi connectivity index (χ0) is 22.9. The second-order valence-electron chi connectivity index (χ2n) is 7.58. The summed E-state index contributed by atoms with van der Waals surface area (Å²) in [6.45, 7) is 0.564. The van der Waals surface area contributed by atoms with Crippen molar-refractivity contribution >= 4 is 18.0 Å². The molecular weight excluding hydrogens is 412 g/mol. The minimum Gasteiger partial charge on any atom is -0.479 e. The highest BCUT2D eigenvalue weighted by Crippen LogP contribution is 2.44. The number of hydrogen-bond acceptors (Lipinski definition) is 5. The lowest BCUT2D eigenvalue weighted by molar-refractivity contribution is -0.148. The number of carboxylic acid groups (broad SMARTS) is 1. The van der Waals surface area contributed by atoms with Crippen LogP contribution < -0.4 is 10.6 Å². The minimum atomic E-state index is -1.12. The molecule has 1 aliphatic carbocycles. The minimum absolute atomic E-state index is 0.0126. The molecule has 2 amide bonds. The van der Waals surface area contributed by atoms with Crippen LogP contribution in [0.25, 0.3) is 11.1 Å². The number of amides is 2. The first kappa shape index (κ1) is 23.3. The van der Waals surface area contributed by atoms with Crippen LogP contribution in [-0.2, 0) is 19.1 Å². The largest absolute Gasteiger partial charge is 0.479 e. The number of carboxylic acids is 1. The maximum absolute atomic E-state index is 12.1. The van der Waals surface area contributed by atoms with Gasteiger partial charge >= 0.3 is 12.1 Å². The molecule has 170 valence electrons. The van der Waals surface area contributed by atoms with Gasteiger partial charge in [0.15, 0.2) is 6.10 Å². The fourth-order valence-corrected chi connectivity index (χ4v) is 3.82. The Balaban J connectivity index is 1.35. The molecule has 8 nitrogen and oxygen atoms in total. The van der Waals surface area contributed by atoms with Crippen LogP contribution in [-0.4, -0.2) is 56.0 Å². The summed E-state index contributed by atoms with van der Waals surface area (Å²) >= 11 is 0. The number of alkyl carbamates (subject to hydrolysis) is 1. The monoisotopic (exact) mass is 440 g/mol. The van der Waals surface area contributed by atoms with Gasteiger partial charge < -0.3 is 25.2 Å². The molecule has 0 saturated carbocycles. The van der Waals surface area contributed by atoms with Crippen LogP contribution in [0.3, 0.4) is 0 Å². The topological polar surface area (TPSA) is 114 Å². The van der Waals surface area contributed by atoms with Crippen molar-refractivity contribution in [1.29, 1.82) is 0 Å². The van der Waals surface area contributed by atoms with Crippen molar-refractivity contribution in [2.45, 2.75) is 31.3 Å². The molecule has 32 heavy (non-hydrogen) atoms. The first-order valence-corrected chi connectivity index (χ1v) is 10.6. The number of aliphatic carboxylic acids is 1. The summed E-state index contributed by atoms with van der Waals surface area (Å²) in [5, 5.41) is 14.1. The molecule has 1 aliphatic rings. The van der Waals surface area contributed by atoms with E-state index in [0.29, 0.717) is 19.4 Å². The van der Waals surface area contributed by atoms with Gasteiger partial charge in [-0.1, -0.05) is 48.5 Å². The van der Waals surface area contributed by atoms with Crippen molar-refractivity contribution in [3.63, 3.8) is 0 Å². The van der Waals surface area contributed by atoms with Gasteiger partial charge in [0.25, 0.3) is 0 Å². The molecule has 0 radical (unpaired) electrons. The Morgan fingerprint density at radius 1 is 0.969 bits per heavy atom. The zero-order valence-corrected chi connectivity index (χ0v) is 18.0. The summed E-state index contributed by atoms with van der Waals surface area (Å²) in [6, 6.07) is 16.3. The van der Waals surface area contributed by atoms with Crippen molar-refractivity contribution in [3.8, 4) is 11.1 Å². The molecule has 0 aliphatic heterocycles. The Hall–Kier alpha value is -3.39. The van der Waals surface area contributed by atoms with Crippen molar-refractivity contribution in [2.75, 3.05) is 26.8 Å². The Bertz CT molecular complexity index is 916. The molecule has 0 bridgehead atoms. The molecule has 2 aromatic rings. The van der Waals surface area contributed by atoms with Crippen molar-refractivity contribution < 1.29 is 29.0 Å². The number of carbonyl (C=O) groups excluding carboxylic acids is 2. The van der Waals surface area contributed by atoms with Gasteiger partial charge in [0, 0.05) is 26.0 Å². The second-order valence-corrected chi connectivity index (χ2v) is 7.58. The molecule has 0 heterocycles. The summed E-state index contributed by atoms with van der Waals surface area (Å²) in [7, 11) is 1.28. The molecule has 3 N–H and O–H groups in total. The zero-order valence-electron chi connectivity index (χ0n) is 18.0. The van der Waals surface area contributed by atoms with Crippen LogP contribution in [0.4, 0.5) is 4.79 Å². The third-order valence-corrected chi connectivity index (χ3v) is 5.49. The average Bonchev–Trinajstić information content (AvgIpc) is 3.11. The standard InChI is InChI=1S/C24H28N2O6/c1-31-21(23(28)29)14-26-22(27)12-6-7-13-25-24(30)32-15-20-18-10-4-2-8-16(18)17-9-3-5-11-19(17)20/h2-5,8-11,20-21H,6-7,12-15H2,1H3,(H,25,30)(H,26,27)(H,28,29). The van der Waals surface area contributed by atoms with Crippen LogP contribution in [0.1, 0.15) is 36.3 Å². The highest BCUT2D eigenvalue weighted by atomic mass is 16.5. The molecular formula is C24H28N2O6. The number of unbranched alkanes of at least 4 members (excludes halogenated alkanes) is 1. The summed E-state index contributed by atoms with van der Waals surface area (Å²) in [6.07, 6.45) is -0.151. The lowest BCUT2D eigenvalue weighted by atomic mass is 9.98. The van der Waals surface area contributed by atoms with E-state index in [1.54, 1.807) is 0 Å². The Morgan fingerprint density at radius 3 is 2.19 bits per heavy atom. The van der Waals surface area contributed by atoms with Crippen LogP contribution in [0.15, 0.2) is 48.5 Å². The number of carbonyl (C=O) groups is 3. The average molecular weight is 440 g/mol. The summed E-state index contributed by atoms with van der Waals surface area (Å²) in [5.41, 5.74) is 4.67. The van der Waals surface area contributed by atoms with Gasteiger partial charge in [-0.2, -0.15) is 0 Å². The third-order valence-electron chi connectivity index (χ3n) is 5.49. The SMILES string of the molecule is COC(CNC(=O)CCCCNC(=O)OCC1c2ccccc2-c2ccccc21)C(=O)O. The number of hydrogen-bond donors (Lipinski definition) is 3. The van der Waals surface area contributed by atoms with E-state index in [1.807, 2.05) is 24.3 Å². The smallest absolute Gasteiger partial charge is 0.407 e. The predicted molar refractivity (Wildman–Crippen MR) is 118 cm³/mol. The van der Waals surface area contributed by atoms with E-state index in [-0.39, 0.29) is 31.4 Å². The Kier molecular flexibility index (Phi) is 8.21. The maximum atomic E-state index is 12.1. The Morgan fingerprint density at radius 2 is 1.59 bits per heavy atom.